The lowest BCUT2D eigenvalue weighted by Gasteiger charge is -2.26. The molecule has 1 saturated heterocycles. The SMILES string of the molecule is COC(CN1CCC[C@H]1c1ccc(Br)s1)OC. The van der Waals surface area contributed by atoms with Gasteiger partial charge in [0.05, 0.1) is 10.3 Å². The number of likely N-dealkylation sites (tertiary alicyclic amines) is 1. The van der Waals surface area contributed by atoms with Gasteiger partial charge in [0.15, 0.2) is 6.29 Å². The average molecular weight is 320 g/mol. The van der Waals surface area contributed by atoms with E-state index in [-0.39, 0.29) is 6.29 Å². The molecule has 3 nitrogen and oxygen atoms in total. The van der Waals surface area contributed by atoms with Crippen LogP contribution >= 0.6 is 27.3 Å². The Morgan fingerprint density at radius 3 is 2.82 bits per heavy atom. The van der Waals surface area contributed by atoms with Gasteiger partial charge in [0, 0.05) is 25.1 Å². The van der Waals surface area contributed by atoms with Crippen LogP contribution in [0.4, 0.5) is 0 Å². The lowest BCUT2D eigenvalue weighted by molar-refractivity contribution is -0.117. The molecule has 0 bridgehead atoms. The summed E-state index contributed by atoms with van der Waals surface area (Å²) in [5, 5.41) is 0. The van der Waals surface area contributed by atoms with E-state index < -0.39 is 0 Å². The van der Waals surface area contributed by atoms with Crippen molar-refractivity contribution in [3.63, 3.8) is 0 Å². The average Bonchev–Trinajstić information content (AvgIpc) is 2.94. The van der Waals surface area contributed by atoms with Crippen LogP contribution in [0.3, 0.4) is 0 Å². The number of nitrogens with zero attached hydrogens (tertiary/aromatic N) is 1. The van der Waals surface area contributed by atoms with Gasteiger partial charge >= 0.3 is 0 Å². The fourth-order valence-corrected chi connectivity index (χ4v) is 3.90. The number of methoxy groups -OCH3 is 2. The lowest BCUT2D eigenvalue weighted by atomic mass is 10.2. The molecule has 17 heavy (non-hydrogen) atoms. The molecule has 96 valence electrons. The van der Waals surface area contributed by atoms with Gasteiger partial charge in [0.25, 0.3) is 0 Å². The van der Waals surface area contributed by atoms with E-state index in [0.717, 1.165) is 13.1 Å². The van der Waals surface area contributed by atoms with E-state index in [1.54, 1.807) is 14.2 Å². The quantitative estimate of drug-likeness (QED) is 0.777. The minimum atomic E-state index is -0.126. The zero-order valence-electron chi connectivity index (χ0n) is 10.2. The van der Waals surface area contributed by atoms with Crippen LogP contribution < -0.4 is 0 Å². The third-order valence-corrected chi connectivity index (χ3v) is 4.92. The standard InChI is InChI=1S/C12H18BrNO2S/c1-15-12(16-2)8-14-7-3-4-9(14)10-5-6-11(13)17-10/h5-6,9,12H,3-4,7-8H2,1-2H3/t9-/m0/s1. The second-order valence-electron chi connectivity index (χ2n) is 4.20. The zero-order chi connectivity index (χ0) is 12.3. The molecule has 0 spiro atoms. The molecule has 0 N–H and O–H groups in total. The number of halogens is 1. The zero-order valence-corrected chi connectivity index (χ0v) is 12.6. The molecule has 0 radical (unpaired) electrons. The molecule has 1 atom stereocenters. The number of thiophene rings is 1. The molecule has 0 unspecified atom stereocenters. The van der Waals surface area contributed by atoms with Crippen LogP contribution in [-0.2, 0) is 9.47 Å². The van der Waals surface area contributed by atoms with E-state index in [2.05, 4.69) is 33.0 Å². The van der Waals surface area contributed by atoms with Crippen molar-refractivity contribution in [3.8, 4) is 0 Å². The Balaban J connectivity index is 2.02. The molecule has 0 saturated carbocycles. The van der Waals surface area contributed by atoms with E-state index in [9.17, 15) is 0 Å². The summed E-state index contributed by atoms with van der Waals surface area (Å²) in [7, 11) is 3.39. The van der Waals surface area contributed by atoms with Crippen molar-refractivity contribution in [2.24, 2.45) is 0 Å². The number of hydrogen-bond donors (Lipinski definition) is 0. The van der Waals surface area contributed by atoms with Gasteiger partial charge in [0.2, 0.25) is 0 Å². The molecule has 1 aromatic rings. The molecule has 1 fully saturated rings. The first-order valence-electron chi connectivity index (χ1n) is 5.79. The molecule has 0 aromatic carbocycles. The molecule has 5 heteroatoms. The molecular weight excluding hydrogens is 302 g/mol. The highest BCUT2D eigenvalue weighted by Gasteiger charge is 2.28. The van der Waals surface area contributed by atoms with Crippen LogP contribution in [0.1, 0.15) is 23.8 Å². The first kappa shape index (κ1) is 13.5. The predicted octanol–water partition coefficient (Wildman–Crippen LogP) is 3.27. The molecular formula is C12H18BrNO2S. The van der Waals surface area contributed by atoms with Crippen molar-refractivity contribution >= 4 is 27.3 Å². The third kappa shape index (κ3) is 3.29. The lowest BCUT2D eigenvalue weighted by Crippen LogP contribution is -2.33. The van der Waals surface area contributed by atoms with Gasteiger partial charge in [-0.3, -0.25) is 4.90 Å². The normalized spacial score (nSPS) is 21.5. The van der Waals surface area contributed by atoms with Gasteiger partial charge in [-0.1, -0.05) is 0 Å². The minimum absolute atomic E-state index is 0.126. The van der Waals surface area contributed by atoms with Gasteiger partial charge in [-0.2, -0.15) is 0 Å². The van der Waals surface area contributed by atoms with E-state index in [4.69, 9.17) is 9.47 Å². The Kier molecular flexibility index (Phi) is 4.99. The summed E-state index contributed by atoms with van der Waals surface area (Å²) in [5.41, 5.74) is 0. The summed E-state index contributed by atoms with van der Waals surface area (Å²) in [6.45, 7) is 1.97. The summed E-state index contributed by atoms with van der Waals surface area (Å²) >= 11 is 5.35. The summed E-state index contributed by atoms with van der Waals surface area (Å²) in [4.78, 5) is 3.89. The minimum Gasteiger partial charge on any atom is -0.355 e. The monoisotopic (exact) mass is 319 g/mol. The topological polar surface area (TPSA) is 21.7 Å². The van der Waals surface area contributed by atoms with Gasteiger partial charge in [-0.15, -0.1) is 11.3 Å². The molecule has 1 aliphatic rings. The molecule has 2 rings (SSSR count). The maximum Gasteiger partial charge on any atom is 0.169 e. The van der Waals surface area contributed by atoms with E-state index in [1.165, 1.54) is 21.5 Å². The first-order valence-corrected chi connectivity index (χ1v) is 7.40. The van der Waals surface area contributed by atoms with Crippen molar-refractivity contribution in [2.45, 2.75) is 25.2 Å². The van der Waals surface area contributed by atoms with Crippen molar-refractivity contribution in [1.82, 2.24) is 4.90 Å². The van der Waals surface area contributed by atoms with E-state index in [0.29, 0.717) is 6.04 Å². The van der Waals surface area contributed by atoms with Gasteiger partial charge in [-0.05, 0) is 47.4 Å². The highest BCUT2D eigenvalue weighted by Crippen LogP contribution is 2.37. The Hall–Kier alpha value is 0.0600. The Labute approximate surface area is 115 Å². The number of ether oxygens (including phenoxy) is 2. The molecule has 1 aromatic heterocycles. The summed E-state index contributed by atoms with van der Waals surface area (Å²) in [6.07, 6.45) is 2.35. The number of hydrogen-bond acceptors (Lipinski definition) is 4. The van der Waals surface area contributed by atoms with Crippen molar-refractivity contribution in [1.29, 1.82) is 0 Å². The largest absolute Gasteiger partial charge is 0.355 e. The second kappa shape index (κ2) is 6.29. The first-order chi connectivity index (χ1) is 8.24. The smallest absolute Gasteiger partial charge is 0.169 e. The Morgan fingerprint density at radius 1 is 1.47 bits per heavy atom. The maximum absolute atomic E-state index is 5.28. The molecule has 0 amide bonds. The Morgan fingerprint density at radius 2 is 2.24 bits per heavy atom. The maximum atomic E-state index is 5.28. The van der Waals surface area contributed by atoms with Crippen LogP contribution in [0.15, 0.2) is 15.9 Å². The highest BCUT2D eigenvalue weighted by atomic mass is 79.9. The van der Waals surface area contributed by atoms with Crippen molar-refractivity contribution in [3.05, 3.63) is 20.8 Å². The van der Waals surface area contributed by atoms with Crippen molar-refractivity contribution in [2.75, 3.05) is 27.3 Å². The molecule has 0 aliphatic carbocycles. The van der Waals surface area contributed by atoms with Crippen LogP contribution in [0.25, 0.3) is 0 Å². The van der Waals surface area contributed by atoms with Crippen molar-refractivity contribution < 1.29 is 9.47 Å². The third-order valence-electron chi connectivity index (χ3n) is 3.20. The van der Waals surface area contributed by atoms with E-state index in [1.807, 2.05) is 11.3 Å². The van der Waals surface area contributed by atoms with Gasteiger partial charge in [0.1, 0.15) is 0 Å². The summed E-state index contributed by atoms with van der Waals surface area (Å²) in [6, 6.07) is 4.87. The van der Waals surface area contributed by atoms with Crippen LogP contribution in [-0.4, -0.2) is 38.5 Å². The van der Waals surface area contributed by atoms with Crippen LogP contribution in [0.2, 0.25) is 0 Å². The van der Waals surface area contributed by atoms with Crippen LogP contribution in [0.5, 0.6) is 0 Å². The predicted molar refractivity (Wildman–Crippen MR) is 73.4 cm³/mol. The molecule has 2 heterocycles. The molecule has 1 aliphatic heterocycles. The number of rotatable bonds is 5. The summed E-state index contributed by atoms with van der Waals surface area (Å²) < 4.78 is 11.8. The Bertz CT molecular complexity index is 354. The van der Waals surface area contributed by atoms with Gasteiger partial charge in [-0.25, -0.2) is 0 Å². The van der Waals surface area contributed by atoms with E-state index >= 15 is 0 Å². The fourth-order valence-electron chi connectivity index (χ4n) is 2.31. The highest BCUT2D eigenvalue weighted by molar-refractivity contribution is 9.11. The summed E-state index contributed by atoms with van der Waals surface area (Å²) in [5.74, 6) is 0. The van der Waals surface area contributed by atoms with Crippen LogP contribution in [0, 0.1) is 0 Å². The fraction of sp³-hybridized carbons (Fsp3) is 0.667. The van der Waals surface area contributed by atoms with Gasteiger partial charge < -0.3 is 9.47 Å². The second-order valence-corrected chi connectivity index (χ2v) is 6.69.